The van der Waals surface area contributed by atoms with Crippen molar-refractivity contribution in [2.45, 2.75) is 6.54 Å². The normalized spacial score (nSPS) is 13.3. The molecule has 2 heterocycles. The van der Waals surface area contributed by atoms with E-state index >= 15 is 0 Å². The zero-order chi connectivity index (χ0) is 25.2. The minimum Gasteiger partial charge on any atom is -0.496 e. The van der Waals surface area contributed by atoms with Gasteiger partial charge < -0.3 is 19.2 Å². The lowest BCUT2D eigenvalue weighted by atomic mass is 10.1. The Morgan fingerprint density at radius 3 is 2.58 bits per heavy atom. The standard InChI is InChI=1S/C28H22N2O6/c1-35-24-8-4-3-7-20(24)16-29-22-12-10-19(28(33)34)15-23(22)30(17-27(29)32)26(31)13-11-21-14-18-6-2-5-9-25(18)36-21/h2-15H,16-17H2,1H3,(H,33,34)/b13-11+. The van der Waals surface area contributed by atoms with Crippen LogP contribution < -0.4 is 14.5 Å². The molecule has 0 radical (unpaired) electrons. The molecule has 0 saturated carbocycles. The Morgan fingerprint density at radius 1 is 1.03 bits per heavy atom. The van der Waals surface area contributed by atoms with Crippen LogP contribution in [0.5, 0.6) is 5.75 Å². The number of benzene rings is 3. The molecule has 0 spiro atoms. The Bertz CT molecular complexity index is 1490. The van der Waals surface area contributed by atoms with Crippen LogP contribution in [0.1, 0.15) is 21.7 Å². The Labute approximate surface area is 206 Å². The molecule has 8 heteroatoms. The highest BCUT2D eigenvalue weighted by Crippen LogP contribution is 2.37. The topological polar surface area (TPSA) is 100 Å². The van der Waals surface area contributed by atoms with Gasteiger partial charge in [0.25, 0.3) is 5.91 Å². The van der Waals surface area contributed by atoms with Crippen LogP contribution in [0, 0.1) is 0 Å². The highest BCUT2D eigenvalue weighted by Gasteiger charge is 2.33. The number of aromatic carboxylic acids is 1. The number of fused-ring (bicyclic) bond motifs is 2. The summed E-state index contributed by atoms with van der Waals surface area (Å²) in [4.78, 5) is 40.9. The van der Waals surface area contributed by atoms with Crippen molar-refractivity contribution in [2.75, 3.05) is 23.5 Å². The zero-order valence-electron chi connectivity index (χ0n) is 19.4. The number of furan rings is 1. The second-order valence-electron chi connectivity index (χ2n) is 8.24. The molecule has 0 saturated heterocycles. The molecule has 0 fully saturated rings. The van der Waals surface area contributed by atoms with Gasteiger partial charge in [-0.25, -0.2) is 4.79 Å². The number of rotatable bonds is 6. The number of hydrogen-bond donors (Lipinski definition) is 1. The number of carbonyl (C=O) groups is 3. The third-order valence-electron chi connectivity index (χ3n) is 6.02. The highest BCUT2D eigenvalue weighted by molar-refractivity contribution is 6.15. The number of anilines is 2. The van der Waals surface area contributed by atoms with Gasteiger partial charge in [0.05, 0.1) is 30.6 Å². The number of nitrogens with zero attached hydrogens (tertiary/aromatic N) is 2. The van der Waals surface area contributed by atoms with Gasteiger partial charge in [0.2, 0.25) is 5.91 Å². The van der Waals surface area contributed by atoms with Crippen LogP contribution in [-0.2, 0) is 16.1 Å². The number of para-hydroxylation sites is 2. The van der Waals surface area contributed by atoms with Crippen molar-refractivity contribution < 1.29 is 28.6 Å². The molecule has 3 aromatic carbocycles. The predicted molar refractivity (Wildman–Crippen MR) is 135 cm³/mol. The van der Waals surface area contributed by atoms with Gasteiger partial charge in [0, 0.05) is 17.0 Å². The fourth-order valence-corrected chi connectivity index (χ4v) is 4.24. The van der Waals surface area contributed by atoms with Crippen LogP contribution in [-0.4, -0.2) is 36.5 Å². The molecule has 4 aromatic rings. The molecule has 0 bridgehead atoms. The molecule has 1 aliphatic rings. The average Bonchev–Trinajstić information content (AvgIpc) is 3.31. The molecule has 1 N–H and O–H groups in total. The van der Waals surface area contributed by atoms with Crippen molar-refractivity contribution in [3.63, 3.8) is 0 Å². The van der Waals surface area contributed by atoms with E-state index < -0.39 is 11.9 Å². The van der Waals surface area contributed by atoms with Crippen LogP contribution >= 0.6 is 0 Å². The third-order valence-corrected chi connectivity index (χ3v) is 6.02. The fourth-order valence-electron chi connectivity index (χ4n) is 4.24. The lowest BCUT2D eigenvalue weighted by Gasteiger charge is -2.36. The van der Waals surface area contributed by atoms with Crippen molar-refractivity contribution in [3.05, 3.63) is 95.8 Å². The van der Waals surface area contributed by atoms with E-state index in [-0.39, 0.29) is 24.6 Å². The monoisotopic (exact) mass is 482 g/mol. The summed E-state index contributed by atoms with van der Waals surface area (Å²) in [5, 5.41) is 10.4. The maximum Gasteiger partial charge on any atom is 0.335 e. The third kappa shape index (κ3) is 4.32. The van der Waals surface area contributed by atoms with Crippen molar-refractivity contribution in [1.82, 2.24) is 0 Å². The van der Waals surface area contributed by atoms with Crippen molar-refractivity contribution in [2.24, 2.45) is 0 Å². The number of carboxylic acids is 1. The molecule has 1 aromatic heterocycles. The second-order valence-corrected chi connectivity index (χ2v) is 8.24. The second kappa shape index (κ2) is 9.42. The van der Waals surface area contributed by atoms with Gasteiger partial charge in [-0.2, -0.15) is 0 Å². The van der Waals surface area contributed by atoms with Crippen LogP contribution in [0.2, 0.25) is 0 Å². The number of carboxylic acid groups (broad SMARTS) is 1. The van der Waals surface area contributed by atoms with E-state index in [9.17, 15) is 19.5 Å². The van der Waals surface area contributed by atoms with Gasteiger partial charge >= 0.3 is 5.97 Å². The smallest absolute Gasteiger partial charge is 0.335 e. The molecule has 1 aliphatic heterocycles. The van der Waals surface area contributed by atoms with Gasteiger partial charge in [-0.1, -0.05) is 36.4 Å². The Balaban J connectivity index is 1.49. The molecule has 8 nitrogen and oxygen atoms in total. The Morgan fingerprint density at radius 2 is 1.81 bits per heavy atom. The molecule has 36 heavy (non-hydrogen) atoms. The first-order valence-corrected chi connectivity index (χ1v) is 11.2. The number of carbonyl (C=O) groups excluding carboxylic acids is 2. The van der Waals surface area contributed by atoms with Crippen molar-refractivity contribution in [1.29, 1.82) is 0 Å². The summed E-state index contributed by atoms with van der Waals surface area (Å²) in [5.41, 5.74) is 2.27. The maximum absolute atomic E-state index is 13.2. The number of ether oxygens (including phenoxy) is 1. The van der Waals surface area contributed by atoms with Crippen LogP contribution in [0.4, 0.5) is 11.4 Å². The van der Waals surface area contributed by atoms with E-state index in [1.54, 1.807) is 19.2 Å². The van der Waals surface area contributed by atoms with E-state index in [1.807, 2.05) is 48.5 Å². The van der Waals surface area contributed by atoms with Gasteiger partial charge in [-0.3, -0.25) is 14.5 Å². The quantitative estimate of drug-likeness (QED) is 0.399. The lowest BCUT2D eigenvalue weighted by Crippen LogP contribution is -2.47. The summed E-state index contributed by atoms with van der Waals surface area (Å²) in [6.45, 7) is -0.0341. The van der Waals surface area contributed by atoms with Gasteiger partial charge in [-0.15, -0.1) is 0 Å². The van der Waals surface area contributed by atoms with E-state index in [4.69, 9.17) is 9.15 Å². The SMILES string of the molecule is COc1ccccc1CN1C(=O)CN(C(=O)/C=C/c2cc3ccccc3o2)c2cc(C(=O)O)ccc21. The van der Waals surface area contributed by atoms with Crippen LogP contribution in [0.3, 0.4) is 0 Å². The predicted octanol–water partition coefficient (Wildman–Crippen LogP) is 4.73. The van der Waals surface area contributed by atoms with E-state index in [2.05, 4.69) is 0 Å². The number of amides is 2. The zero-order valence-corrected chi connectivity index (χ0v) is 19.4. The molecule has 0 atom stereocenters. The van der Waals surface area contributed by atoms with Gasteiger partial charge in [0.15, 0.2) is 0 Å². The summed E-state index contributed by atoms with van der Waals surface area (Å²) in [7, 11) is 1.55. The number of methoxy groups -OCH3 is 1. The fraction of sp³-hybridized carbons (Fsp3) is 0.107. The molecule has 5 rings (SSSR count). The molecular formula is C28H22N2O6. The van der Waals surface area contributed by atoms with Crippen LogP contribution in [0.25, 0.3) is 17.0 Å². The Kier molecular flexibility index (Phi) is 6.00. The molecule has 0 aliphatic carbocycles. The minimum atomic E-state index is -1.13. The average molecular weight is 482 g/mol. The van der Waals surface area contributed by atoms with Gasteiger partial charge in [0.1, 0.15) is 23.6 Å². The first-order chi connectivity index (χ1) is 17.4. The minimum absolute atomic E-state index is 0.0133. The number of hydrogen-bond acceptors (Lipinski definition) is 5. The first-order valence-electron chi connectivity index (χ1n) is 11.2. The van der Waals surface area contributed by atoms with Gasteiger partial charge in [-0.05, 0) is 42.5 Å². The first kappa shape index (κ1) is 22.9. The van der Waals surface area contributed by atoms with Crippen molar-refractivity contribution >= 4 is 46.2 Å². The summed E-state index contributed by atoms with van der Waals surface area (Å²) in [5.74, 6) is -0.783. The van der Waals surface area contributed by atoms with E-state index in [0.29, 0.717) is 28.5 Å². The van der Waals surface area contributed by atoms with E-state index in [0.717, 1.165) is 10.9 Å². The summed E-state index contributed by atoms with van der Waals surface area (Å²) < 4.78 is 11.1. The van der Waals surface area contributed by atoms with Crippen molar-refractivity contribution in [3.8, 4) is 5.75 Å². The Hall–Kier alpha value is -4.85. The lowest BCUT2D eigenvalue weighted by molar-refractivity contribution is -0.120. The summed E-state index contributed by atoms with van der Waals surface area (Å²) in [6, 6.07) is 21.0. The van der Waals surface area contributed by atoms with Crippen LogP contribution in [0.15, 0.2) is 83.3 Å². The molecule has 2 amide bonds. The largest absolute Gasteiger partial charge is 0.496 e. The molecule has 0 unspecified atom stereocenters. The van der Waals surface area contributed by atoms with E-state index in [1.165, 1.54) is 34.1 Å². The molecular weight excluding hydrogens is 460 g/mol. The highest BCUT2D eigenvalue weighted by atomic mass is 16.5. The maximum atomic E-state index is 13.2. The summed E-state index contributed by atoms with van der Waals surface area (Å²) >= 11 is 0. The molecule has 180 valence electrons. The summed E-state index contributed by atoms with van der Waals surface area (Å²) in [6.07, 6.45) is 2.85.